The van der Waals surface area contributed by atoms with Crippen LogP contribution in [0.4, 0.5) is 14.9 Å². The summed E-state index contributed by atoms with van der Waals surface area (Å²) in [4.78, 5) is 15.2. The average Bonchev–Trinajstić information content (AvgIpc) is 2.86. The third-order valence-electron chi connectivity index (χ3n) is 3.41. The SMILES string of the molecule is NCCCN(CCN1CCNC1=O)c1ccccc1F. The van der Waals surface area contributed by atoms with E-state index < -0.39 is 0 Å². The molecule has 0 aromatic heterocycles. The summed E-state index contributed by atoms with van der Waals surface area (Å²) in [6, 6.07) is 6.66. The quantitative estimate of drug-likeness (QED) is 0.783. The summed E-state index contributed by atoms with van der Waals surface area (Å²) in [6.07, 6.45) is 0.792. The minimum Gasteiger partial charge on any atom is -0.367 e. The van der Waals surface area contributed by atoms with Gasteiger partial charge in [-0.05, 0) is 25.1 Å². The van der Waals surface area contributed by atoms with Crippen molar-refractivity contribution in [3.8, 4) is 0 Å². The maximum Gasteiger partial charge on any atom is 0.317 e. The zero-order valence-electron chi connectivity index (χ0n) is 11.5. The van der Waals surface area contributed by atoms with Gasteiger partial charge in [-0.3, -0.25) is 0 Å². The Morgan fingerprint density at radius 3 is 2.80 bits per heavy atom. The smallest absolute Gasteiger partial charge is 0.317 e. The molecule has 1 aliphatic heterocycles. The molecule has 1 aromatic rings. The van der Waals surface area contributed by atoms with E-state index in [1.807, 2.05) is 11.0 Å². The van der Waals surface area contributed by atoms with E-state index in [1.165, 1.54) is 6.07 Å². The van der Waals surface area contributed by atoms with Crippen LogP contribution >= 0.6 is 0 Å². The Balaban J connectivity index is 2.00. The molecule has 0 radical (unpaired) electrons. The van der Waals surface area contributed by atoms with Crippen LogP contribution in [0, 0.1) is 5.82 Å². The zero-order valence-corrected chi connectivity index (χ0v) is 11.5. The van der Waals surface area contributed by atoms with Gasteiger partial charge in [0.05, 0.1) is 5.69 Å². The summed E-state index contributed by atoms with van der Waals surface area (Å²) in [5.74, 6) is -0.240. The lowest BCUT2D eigenvalue weighted by Gasteiger charge is -2.27. The molecule has 110 valence electrons. The summed E-state index contributed by atoms with van der Waals surface area (Å²) in [7, 11) is 0. The van der Waals surface area contributed by atoms with E-state index in [2.05, 4.69) is 5.32 Å². The van der Waals surface area contributed by atoms with Crippen molar-refractivity contribution >= 4 is 11.7 Å². The van der Waals surface area contributed by atoms with Crippen LogP contribution in [0.3, 0.4) is 0 Å². The highest BCUT2D eigenvalue weighted by atomic mass is 19.1. The van der Waals surface area contributed by atoms with Crippen LogP contribution in [-0.2, 0) is 0 Å². The standard InChI is InChI=1S/C14H21FN4O/c15-12-4-1-2-5-13(12)18(8-3-6-16)10-11-19-9-7-17-14(19)20/h1-2,4-5H,3,6-11,16H2,(H,17,20). The fourth-order valence-corrected chi connectivity index (χ4v) is 2.31. The van der Waals surface area contributed by atoms with Crippen molar-refractivity contribution in [2.75, 3.05) is 44.2 Å². The molecular formula is C14H21FN4O. The molecule has 0 bridgehead atoms. The van der Waals surface area contributed by atoms with Crippen molar-refractivity contribution in [3.63, 3.8) is 0 Å². The first kappa shape index (κ1) is 14.6. The van der Waals surface area contributed by atoms with Crippen molar-refractivity contribution in [3.05, 3.63) is 30.1 Å². The first-order valence-electron chi connectivity index (χ1n) is 6.94. The number of anilines is 1. The Labute approximate surface area is 118 Å². The monoisotopic (exact) mass is 280 g/mol. The molecule has 0 aliphatic carbocycles. The van der Waals surface area contributed by atoms with Gasteiger partial charge in [0, 0.05) is 32.7 Å². The van der Waals surface area contributed by atoms with Crippen molar-refractivity contribution in [1.29, 1.82) is 0 Å². The third-order valence-corrected chi connectivity index (χ3v) is 3.41. The van der Waals surface area contributed by atoms with Crippen molar-refractivity contribution in [2.24, 2.45) is 5.73 Å². The van der Waals surface area contributed by atoms with Crippen molar-refractivity contribution < 1.29 is 9.18 Å². The highest BCUT2D eigenvalue weighted by molar-refractivity contribution is 5.76. The molecule has 1 saturated heterocycles. The summed E-state index contributed by atoms with van der Waals surface area (Å²) >= 11 is 0. The number of para-hydroxylation sites is 1. The summed E-state index contributed by atoms with van der Waals surface area (Å²) < 4.78 is 13.9. The van der Waals surface area contributed by atoms with Gasteiger partial charge in [0.1, 0.15) is 5.82 Å². The van der Waals surface area contributed by atoms with Gasteiger partial charge in [-0.15, -0.1) is 0 Å². The number of nitrogens with zero attached hydrogens (tertiary/aromatic N) is 2. The van der Waals surface area contributed by atoms with Gasteiger partial charge >= 0.3 is 6.03 Å². The van der Waals surface area contributed by atoms with Crippen LogP contribution in [0.5, 0.6) is 0 Å². The first-order valence-corrected chi connectivity index (χ1v) is 6.94. The van der Waals surface area contributed by atoms with Gasteiger partial charge in [-0.2, -0.15) is 0 Å². The molecule has 5 nitrogen and oxygen atoms in total. The number of hydrogen-bond donors (Lipinski definition) is 2. The Kier molecular flexibility index (Phi) is 5.17. The second kappa shape index (κ2) is 7.09. The molecular weight excluding hydrogens is 259 g/mol. The Morgan fingerprint density at radius 1 is 1.35 bits per heavy atom. The molecule has 6 heteroatoms. The molecule has 0 atom stereocenters. The first-order chi connectivity index (χ1) is 9.72. The van der Waals surface area contributed by atoms with Crippen LogP contribution in [-0.4, -0.2) is 50.2 Å². The largest absolute Gasteiger partial charge is 0.367 e. The molecule has 3 N–H and O–H groups in total. The second-order valence-electron chi connectivity index (χ2n) is 4.80. The Bertz CT molecular complexity index is 455. The van der Waals surface area contributed by atoms with E-state index in [1.54, 1.807) is 17.0 Å². The number of urea groups is 1. The van der Waals surface area contributed by atoms with Crippen molar-refractivity contribution in [1.82, 2.24) is 10.2 Å². The maximum absolute atomic E-state index is 13.9. The van der Waals surface area contributed by atoms with E-state index >= 15 is 0 Å². The van der Waals surface area contributed by atoms with Crippen LogP contribution in [0.25, 0.3) is 0 Å². The number of halogens is 1. The number of rotatable bonds is 7. The Morgan fingerprint density at radius 2 is 2.15 bits per heavy atom. The lowest BCUT2D eigenvalue weighted by Crippen LogP contribution is -2.38. The van der Waals surface area contributed by atoms with E-state index in [0.717, 1.165) is 6.42 Å². The van der Waals surface area contributed by atoms with Gasteiger partial charge in [0.15, 0.2) is 0 Å². The summed E-state index contributed by atoms with van der Waals surface area (Å²) in [5, 5.41) is 2.76. The molecule has 1 aromatic carbocycles. The minimum absolute atomic E-state index is 0.0442. The minimum atomic E-state index is -0.240. The molecule has 1 fully saturated rings. The fourth-order valence-electron chi connectivity index (χ4n) is 2.31. The Hall–Kier alpha value is -1.82. The lowest BCUT2D eigenvalue weighted by atomic mass is 10.2. The van der Waals surface area contributed by atoms with Gasteiger partial charge in [-0.1, -0.05) is 12.1 Å². The van der Waals surface area contributed by atoms with E-state index in [0.29, 0.717) is 45.0 Å². The summed E-state index contributed by atoms with van der Waals surface area (Å²) in [6.45, 7) is 3.84. The predicted octanol–water partition coefficient (Wildman–Crippen LogP) is 1.01. The highest BCUT2D eigenvalue weighted by Crippen LogP contribution is 2.18. The van der Waals surface area contributed by atoms with Crippen LogP contribution in [0.2, 0.25) is 0 Å². The maximum atomic E-state index is 13.9. The van der Waals surface area contributed by atoms with E-state index in [9.17, 15) is 9.18 Å². The number of carbonyl (C=O) groups excluding carboxylic acids is 1. The van der Waals surface area contributed by atoms with E-state index in [4.69, 9.17) is 5.73 Å². The number of nitrogens with two attached hydrogens (primary N) is 1. The molecule has 20 heavy (non-hydrogen) atoms. The summed E-state index contributed by atoms with van der Waals surface area (Å²) in [5.41, 5.74) is 6.11. The predicted molar refractivity (Wildman–Crippen MR) is 77.3 cm³/mol. The molecule has 0 spiro atoms. The lowest BCUT2D eigenvalue weighted by molar-refractivity contribution is 0.218. The van der Waals surface area contributed by atoms with Gasteiger partial charge in [0.2, 0.25) is 0 Å². The van der Waals surface area contributed by atoms with Crippen LogP contribution in [0.1, 0.15) is 6.42 Å². The molecule has 2 amide bonds. The zero-order chi connectivity index (χ0) is 14.4. The third kappa shape index (κ3) is 3.60. The van der Waals surface area contributed by atoms with Crippen molar-refractivity contribution in [2.45, 2.75) is 6.42 Å². The second-order valence-corrected chi connectivity index (χ2v) is 4.80. The average molecular weight is 280 g/mol. The van der Waals surface area contributed by atoms with Crippen LogP contribution in [0.15, 0.2) is 24.3 Å². The highest BCUT2D eigenvalue weighted by Gasteiger charge is 2.20. The van der Waals surface area contributed by atoms with Gasteiger partial charge in [0.25, 0.3) is 0 Å². The van der Waals surface area contributed by atoms with E-state index in [-0.39, 0.29) is 11.8 Å². The molecule has 0 saturated carbocycles. The topological polar surface area (TPSA) is 61.6 Å². The molecule has 1 heterocycles. The normalized spacial score (nSPS) is 14.5. The van der Waals surface area contributed by atoms with Gasteiger partial charge < -0.3 is 20.9 Å². The van der Waals surface area contributed by atoms with Gasteiger partial charge in [-0.25, -0.2) is 9.18 Å². The number of amides is 2. The molecule has 2 rings (SSSR count). The van der Waals surface area contributed by atoms with Crippen LogP contribution < -0.4 is 16.0 Å². The number of benzene rings is 1. The number of hydrogen-bond acceptors (Lipinski definition) is 3. The number of nitrogens with one attached hydrogen (secondary N) is 1. The molecule has 1 aliphatic rings. The number of carbonyl (C=O) groups is 1. The molecule has 0 unspecified atom stereocenters. The fraction of sp³-hybridized carbons (Fsp3) is 0.500.